The van der Waals surface area contributed by atoms with Crippen LogP contribution in [-0.4, -0.2) is 42.7 Å². The minimum atomic E-state index is -1.11. The van der Waals surface area contributed by atoms with E-state index < -0.39 is 18.1 Å². The molecule has 0 aromatic heterocycles. The first-order valence-corrected chi connectivity index (χ1v) is 11.2. The molecule has 1 aliphatic heterocycles. The Morgan fingerprint density at radius 1 is 1.06 bits per heavy atom. The fraction of sp³-hybridized carbons (Fsp3) is 0.308. The van der Waals surface area contributed by atoms with E-state index in [1.54, 1.807) is 14.0 Å². The third-order valence-corrected chi connectivity index (χ3v) is 6.06. The average Bonchev–Trinajstić information content (AvgIpc) is 2.95. The Morgan fingerprint density at radius 2 is 1.79 bits per heavy atom. The molecule has 1 heterocycles. The van der Waals surface area contributed by atoms with Crippen LogP contribution in [0.2, 0.25) is 0 Å². The Balaban J connectivity index is 1.57. The summed E-state index contributed by atoms with van der Waals surface area (Å²) in [6.45, 7) is 1.62. The molecule has 2 N–H and O–H groups in total. The van der Waals surface area contributed by atoms with Crippen molar-refractivity contribution in [1.29, 1.82) is 0 Å². The second-order valence-electron chi connectivity index (χ2n) is 8.38. The van der Waals surface area contributed by atoms with E-state index in [4.69, 9.17) is 0 Å². The van der Waals surface area contributed by atoms with Crippen molar-refractivity contribution in [1.82, 2.24) is 10.6 Å². The molecule has 0 saturated heterocycles. The van der Waals surface area contributed by atoms with Gasteiger partial charge in [0, 0.05) is 24.1 Å². The zero-order valence-corrected chi connectivity index (χ0v) is 18.8. The summed E-state index contributed by atoms with van der Waals surface area (Å²) in [4.78, 5) is 44.9. The summed E-state index contributed by atoms with van der Waals surface area (Å²) in [6, 6.07) is 16.3. The molecular weight excluding hydrogens is 416 g/mol. The van der Waals surface area contributed by atoms with Crippen LogP contribution in [0.3, 0.4) is 0 Å². The highest BCUT2D eigenvalue weighted by atomic mass is 16.2. The number of amides is 3. The number of fused-ring (bicyclic) bond motifs is 1. The lowest BCUT2D eigenvalue weighted by Crippen LogP contribution is -2.53. The Morgan fingerprint density at radius 3 is 2.52 bits per heavy atom. The second kappa shape index (κ2) is 9.81. The van der Waals surface area contributed by atoms with Gasteiger partial charge in [-0.15, -0.1) is 0 Å². The summed E-state index contributed by atoms with van der Waals surface area (Å²) < 4.78 is 0. The standard InChI is InChI=1S/C26H28N4O3/c1-17(27-25(32)19-13-7-4-8-14-19)24(31)29-23-26(33)30(2)21-16-10-9-15-20(21)22(28-23)18-11-5-3-6-12-18/h3-7,9-12,15-17,19,23H,8,13-14H2,1-2H3,(H,27,32)(H,29,31)/t17-,19?,23?/m0/s1. The highest BCUT2D eigenvalue weighted by Gasteiger charge is 2.32. The Hall–Kier alpha value is -3.74. The van der Waals surface area contributed by atoms with Crippen LogP contribution in [-0.2, 0) is 14.4 Å². The van der Waals surface area contributed by atoms with Crippen LogP contribution in [0.25, 0.3) is 0 Å². The molecule has 4 rings (SSSR count). The van der Waals surface area contributed by atoms with E-state index in [0.29, 0.717) is 17.8 Å². The summed E-state index contributed by atoms with van der Waals surface area (Å²) >= 11 is 0. The maximum absolute atomic E-state index is 13.2. The molecule has 2 unspecified atom stereocenters. The van der Waals surface area contributed by atoms with Crippen LogP contribution >= 0.6 is 0 Å². The number of nitrogens with zero attached hydrogens (tertiary/aromatic N) is 2. The van der Waals surface area contributed by atoms with Gasteiger partial charge >= 0.3 is 0 Å². The number of benzene rings is 2. The lowest BCUT2D eigenvalue weighted by atomic mass is 9.93. The number of carbonyl (C=O) groups excluding carboxylic acids is 3. The summed E-state index contributed by atoms with van der Waals surface area (Å²) in [7, 11) is 1.67. The Bertz CT molecular complexity index is 1110. The number of allylic oxidation sites excluding steroid dienone is 2. The SMILES string of the molecule is C[C@H](NC(=O)C1CC=CCC1)C(=O)NC1N=C(c2ccccc2)c2ccccc2N(C)C1=O. The number of rotatable bonds is 5. The molecule has 0 spiro atoms. The molecule has 3 amide bonds. The van der Waals surface area contributed by atoms with Crippen LogP contribution in [0.15, 0.2) is 71.7 Å². The van der Waals surface area contributed by atoms with Gasteiger partial charge in [0.15, 0.2) is 0 Å². The van der Waals surface area contributed by atoms with Crippen LogP contribution in [0, 0.1) is 5.92 Å². The number of anilines is 1. The normalized spacial score (nSPS) is 20.8. The number of hydrogen-bond acceptors (Lipinski definition) is 4. The third kappa shape index (κ3) is 4.87. The summed E-state index contributed by atoms with van der Waals surface area (Å²) in [5.74, 6) is -1.08. The van der Waals surface area contributed by atoms with Crippen molar-refractivity contribution < 1.29 is 14.4 Å². The van der Waals surface area contributed by atoms with E-state index in [1.807, 2.05) is 60.7 Å². The van der Waals surface area contributed by atoms with Gasteiger partial charge in [-0.1, -0.05) is 60.7 Å². The predicted octanol–water partition coefficient (Wildman–Crippen LogP) is 2.80. The van der Waals surface area contributed by atoms with Crippen molar-refractivity contribution in [2.75, 3.05) is 11.9 Å². The lowest BCUT2D eigenvalue weighted by Gasteiger charge is -2.23. The van der Waals surface area contributed by atoms with Gasteiger partial charge in [-0.3, -0.25) is 14.4 Å². The summed E-state index contributed by atoms with van der Waals surface area (Å²) in [5, 5.41) is 5.52. The summed E-state index contributed by atoms with van der Waals surface area (Å²) in [5.41, 5.74) is 3.00. The smallest absolute Gasteiger partial charge is 0.272 e. The van der Waals surface area contributed by atoms with Crippen molar-refractivity contribution in [3.63, 3.8) is 0 Å². The fourth-order valence-electron chi connectivity index (χ4n) is 4.13. The number of nitrogens with one attached hydrogen (secondary N) is 2. The largest absolute Gasteiger partial charge is 0.344 e. The molecule has 0 radical (unpaired) electrons. The maximum Gasteiger partial charge on any atom is 0.272 e. The number of hydrogen-bond donors (Lipinski definition) is 2. The Labute approximate surface area is 193 Å². The van der Waals surface area contributed by atoms with Gasteiger partial charge < -0.3 is 15.5 Å². The van der Waals surface area contributed by atoms with Gasteiger partial charge in [-0.2, -0.15) is 0 Å². The first-order valence-electron chi connectivity index (χ1n) is 11.2. The van der Waals surface area contributed by atoms with Gasteiger partial charge in [0.2, 0.25) is 18.0 Å². The summed E-state index contributed by atoms with van der Waals surface area (Å²) in [6.07, 6.45) is 5.26. The van der Waals surface area contributed by atoms with Gasteiger partial charge in [-0.25, -0.2) is 4.99 Å². The van der Waals surface area contributed by atoms with Gasteiger partial charge in [0.05, 0.1) is 11.4 Å². The van der Waals surface area contributed by atoms with E-state index in [0.717, 1.165) is 24.0 Å². The molecule has 170 valence electrons. The maximum atomic E-state index is 13.2. The van der Waals surface area contributed by atoms with Crippen molar-refractivity contribution in [3.8, 4) is 0 Å². The molecule has 0 saturated carbocycles. The predicted molar refractivity (Wildman–Crippen MR) is 128 cm³/mol. The van der Waals surface area contributed by atoms with Crippen molar-refractivity contribution in [2.45, 2.75) is 38.4 Å². The molecule has 0 bridgehead atoms. The zero-order chi connectivity index (χ0) is 23.4. The quantitative estimate of drug-likeness (QED) is 0.695. The van der Waals surface area contributed by atoms with E-state index in [9.17, 15) is 14.4 Å². The fourth-order valence-corrected chi connectivity index (χ4v) is 4.13. The zero-order valence-electron chi connectivity index (χ0n) is 18.8. The molecule has 2 aromatic carbocycles. The van der Waals surface area contributed by atoms with Crippen LogP contribution < -0.4 is 15.5 Å². The highest BCUT2D eigenvalue weighted by molar-refractivity contribution is 6.20. The van der Waals surface area contributed by atoms with Crippen LogP contribution in [0.4, 0.5) is 5.69 Å². The van der Waals surface area contributed by atoms with E-state index in [-0.39, 0.29) is 17.7 Å². The number of benzodiazepines with no additional fused rings is 1. The van der Waals surface area contributed by atoms with Crippen molar-refractivity contribution >= 4 is 29.1 Å². The molecule has 3 atom stereocenters. The lowest BCUT2D eigenvalue weighted by molar-refractivity contribution is -0.132. The minimum Gasteiger partial charge on any atom is -0.344 e. The third-order valence-electron chi connectivity index (χ3n) is 6.06. The van der Waals surface area contributed by atoms with Crippen LogP contribution in [0.1, 0.15) is 37.3 Å². The average molecular weight is 445 g/mol. The molecular formula is C26H28N4O3. The molecule has 2 aliphatic rings. The van der Waals surface area contributed by atoms with Crippen LogP contribution in [0.5, 0.6) is 0 Å². The number of carbonyl (C=O) groups is 3. The van der Waals surface area contributed by atoms with Gasteiger partial charge in [-0.05, 0) is 32.3 Å². The van der Waals surface area contributed by atoms with E-state index in [1.165, 1.54) is 4.90 Å². The number of likely N-dealkylation sites (N-methyl/N-ethyl adjacent to an activating group) is 1. The van der Waals surface area contributed by atoms with Crippen molar-refractivity contribution in [2.24, 2.45) is 10.9 Å². The molecule has 2 aromatic rings. The second-order valence-corrected chi connectivity index (χ2v) is 8.38. The monoisotopic (exact) mass is 444 g/mol. The molecule has 0 fully saturated rings. The number of para-hydroxylation sites is 1. The molecule has 7 nitrogen and oxygen atoms in total. The number of aliphatic imine (C=N–C) groups is 1. The topological polar surface area (TPSA) is 90.9 Å². The molecule has 7 heteroatoms. The van der Waals surface area contributed by atoms with Crippen molar-refractivity contribution in [3.05, 3.63) is 77.9 Å². The molecule has 33 heavy (non-hydrogen) atoms. The first kappa shape index (κ1) is 22.5. The Kier molecular flexibility index (Phi) is 6.68. The van der Waals surface area contributed by atoms with Gasteiger partial charge in [0.25, 0.3) is 5.91 Å². The molecule has 1 aliphatic carbocycles. The first-order chi connectivity index (χ1) is 16.0. The van der Waals surface area contributed by atoms with E-state index in [2.05, 4.69) is 21.7 Å². The van der Waals surface area contributed by atoms with Gasteiger partial charge in [0.1, 0.15) is 6.04 Å². The van der Waals surface area contributed by atoms with E-state index >= 15 is 0 Å². The minimum absolute atomic E-state index is 0.131. The highest BCUT2D eigenvalue weighted by Crippen LogP contribution is 2.27.